The maximum absolute atomic E-state index is 5.65. The third-order valence-electron chi connectivity index (χ3n) is 1.35. The van der Waals surface area contributed by atoms with Crippen molar-refractivity contribution in [1.29, 1.82) is 0 Å². The van der Waals surface area contributed by atoms with Crippen LogP contribution in [0.4, 0.5) is 0 Å². The molecular weight excluding hydrogens is 239 g/mol. The smallest absolute Gasteiger partial charge is 0.0653 e. The molecule has 2 N–H and O–H groups in total. The molecule has 1 heterocycles. The largest absolute Gasteiger partial charge is 0.319 e. The van der Waals surface area contributed by atoms with Crippen molar-refractivity contribution in [2.24, 2.45) is 5.73 Å². The van der Waals surface area contributed by atoms with E-state index in [0.29, 0.717) is 0 Å². The van der Waals surface area contributed by atoms with Gasteiger partial charge < -0.3 is 5.73 Å². The normalized spacial score (nSPS) is 11.5. The highest BCUT2D eigenvalue weighted by Crippen LogP contribution is 2.11. The van der Waals surface area contributed by atoms with Crippen molar-refractivity contribution < 1.29 is 0 Å². The van der Waals surface area contributed by atoms with E-state index in [0.717, 1.165) is 10.2 Å². The molecule has 0 unspecified atom stereocenters. The molecule has 0 amide bonds. The second-order valence-corrected chi connectivity index (χ2v) is 3.08. The van der Waals surface area contributed by atoms with Crippen molar-refractivity contribution in [1.82, 2.24) is 4.98 Å². The van der Waals surface area contributed by atoms with E-state index >= 15 is 0 Å². The predicted octanol–water partition coefficient (Wildman–Crippen LogP) is 2.45. The van der Waals surface area contributed by atoms with E-state index in [4.69, 9.17) is 5.73 Å². The van der Waals surface area contributed by atoms with Gasteiger partial charge >= 0.3 is 0 Å². The first-order chi connectivity index (χ1) is 5.24. The fourth-order valence-corrected chi connectivity index (χ4v) is 0.940. The molecule has 12 heavy (non-hydrogen) atoms. The Hall–Kier alpha value is -0.380. The summed E-state index contributed by atoms with van der Waals surface area (Å²) >= 11 is 3.29. The van der Waals surface area contributed by atoms with E-state index in [2.05, 4.69) is 27.5 Å². The Morgan fingerprint density at radius 2 is 2.25 bits per heavy atom. The second kappa shape index (κ2) is 5.30. The summed E-state index contributed by atoms with van der Waals surface area (Å²) in [5, 5.41) is 0. The Balaban J connectivity index is 0.00000121. The standard InChI is InChI=1S/C8H9BrN2.ClH/c1-2-7(10)8-4-3-6(9)5-11-8;/h2-5,7H,1,10H2;1H/t7-;/m0./s1. The molecule has 1 atom stereocenters. The van der Waals surface area contributed by atoms with Gasteiger partial charge in [-0.2, -0.15) is 0 Å². The topological polar surface area (TPSA) is 38.9 Å². The van der Waals surface area contributed by atoms with Gasteiger partial charge in [0.15, 0.2) is 0 Å². The maximum atomic E-state index is 5.65. The zero-order valence-corrected chi connectivity index (χ0v) is 8.81. The van der Waals surface area contributed by atoms with Crippen molar-refractivity contribution in [2.45, 2.75) is 6.04 Å². The number of nitrogens with two attached hydrogens (primary N) is 1. The third kappa shape index (κ3) is 2.93. The summed E-state index contributed by atoms with van der Waals surface area (Å²) in [5.74, 6) is 0. The predicted molar refractivity (Wildman–Crippen MR) is 56.3 cm³/mol. The minimum absolute atomic E-state index is 0. The lowest BCUT2D eigenvalue weighted by atomic mass is 10.2. The van der Waals surface area contributed by atoms with Crippen molar-refractivity contribution in [3.8, 4) is 0 Å². The van der Waals surface area contributed by atoms with Crippen molar-refractivity contribution in [2.75, 3.05) is 0 Å². The summed E-state index contributed by atoms with van der Waals surface area (Å²) in [7, 11) is 0. The van der Waals surface area contributed by atoms with Gasteiger partial charge in [0.05, 0.1) is 11.7 Å². The molecule has 0 aliphatic heterocycles. The number of nitrogens with zero attached hydrogens (tertiary/aromatic N) is 1. The number of rotatable bonds is 2. The van der Waals surface area contributed by atoms with Crippen LogP contribution >= 0.6 is 28.3 Å². The highest BCUT2D eigenvalue weighted by atomic mass is 79.9. The molecule has 0 saturated heterocycles. The Kier molecular flexibility index (Phi) is 5.13. The van der Waals surface area contributed by atoms with E-state index in [1.807, 2.05) is 12.1 Å². The van der Waals surface area contributed by atoms with Crippen molar-refractivity contribution in [3.05, 3.63) is 41.2 Å². The Bertz CT molecular complexity index is 248. The molecule has 0 bridgehead atoms. The summed E-state index contributed by atoms with van der Waals surface area (Å²) < 4.78 is 0.956. The van der Waals surface area contributed by atoms with Gasteiger partial charge in [-0.3, -0.25) is 4.98 Å². The average Bonchev–Trinajstić information content (AvgIpc) is 2.05. The minimum atomic E-state index is -0.164. The summed E-state index contributed by atoms with van der Waals surface area (Å²) in [6.45, 7) is 3.58. The number of hydrogen-bond donors (Lipinski definition) is 1. The Morgan fingerprint density at radius 1 is 1.58 bits per heavy atom. The van der Waals surface area contributed by atoms with Crippen LogP contribution in [0.5, 0.6) is 0 Å². The number of halogens is 2. The average molecular weight is 250 g/mol. The van der Waals surface area contributed by atoms with Crippen LogP contribution in [0.15, 0.2) is 35.5 Å². The number of hydrogen-bond acceptors (Lipinski definition) is 2. The molecule has 1 aromatic rings. The van der Waals surface area contributed by atoms with Crippen LogP contribution in [0.3, 0.4) is 0 Å². The van der Waals surface area contributed by atoms with Crippen molar-refractivity contribution in [3.63, 3.8) is 0 Å². The summed E-state index contributed by atoms with van der Waals surface area (Å²) in [6, 6.07) is 3.62. The number of aromatic nitrogens is 1. The van der Waals surface area contributed by atoms with Crippen LogP contribution in [-0.4, -0.2) is 4.98 Å². The molecule has 1 rings (SSSR count). The molecule has 0 aliphatic rings. The first-order valence-corrected chi connectivity index (χ1v) is 4.03. The van der Waals surface area contributed by atoms with Crippen LogP contribution in [-0.2, 0) is 0 Å². The first-order valence-electron chi connectivity index (χ1n) is 3.23. The van der Waals surface area contributed by atoms with E-state index in [1.54, 1.807) is 12.3 Å². The van der Waals surface area contributed by atoms with E-state index in [9.17, 15) is 0 Å². The van der Waals surface area contributed by atoms with Crippen LogP contribution in [0, 0.1) is 0 Å². The van der Waals surface area contributed by atoms with Crippen LogP contribution in [0.25, 0.3) is 0 Å². The lowest BCUT2D eigenvalue weighted by Gasteiger charge is -2.03. The molecule has 0 saturated carbocycles. The molecule has 0 spiro atoms. The summed E-state index contributed by atoms with van der Waals surface area (Å²) in [5.41, 5.74) is 6.48. The molecule has 0 radical (unpaired) electrons. The minimum Gasteiger partial charge on any atom is -0.319 e. The Labute approximate surface area is 86.4 Å². The second-order valence-electron chi connectivity index (χ2n) is 2.16. The quantitative estimate of drug-likeness (QED) is 0.818. The number of pyridine rings is 1. The molecule has 0 aromatic carbocycles. The van der Waals surface area contributed by atoms with Gasteiger partial charge in [-0.25, -0.2) is 0 Å². The van der Waals surface area contributed by atoms with Crippen LogP contribution < -0.4 is 5.73 Å². The lowest BCUT2D eigenvalue weighted by molar-refractivity contribution is 0.863. The van der Waals surface area contributed by atoms with Crippen LogP contribution in [0.2, 0.25) is 0 Å². The van der Waals surface area contributed by atoms with E-state index < -0.39 is 0 Å². The molecular formula is C8H10BrClN2. The molecule has 4 heteroatoms. The summed E-state index contributed by atoms with van der Waals surface area (Å²) in [6.07, 6.45) is 3.38. The lowest BCUT2D eigenvalue weighted by Crippen LogP contribution is -2.07. The Morgan fingerprint density at radius 3 is 2.67 bits per heavy atom. The van der Waals surface area contributed by atoms with Gasteiger partial charge in [-0.15, -0.1) is 19.0 Å². The molecule has 0 fully saturated rings. The summed E-state index contributed by atoms with van der Waals surface area (Å²) in [4.78, 5) is 4.11. The van der Waals surface area contributed by atoms with Gasteiger partial charge in [-0.1, -0.05) is 6.08 Å². The third-order valence-corrected chi connectivity index (χ3v) is 1.81. The van der Waals surface area contributed by atoms with E-state index in [1.165, 1.54) is 0 Å². The molecule has 66 valence electrons. The van der Waals surface area contributed by atoms with Gasteiger partial charge in [-0.05, 0) is 28.1 Å². The zero-order chi connectivity index (χ0) is 8.27. The zero-order valence-electron chi connectivity index (χ0n) is 6.40. The maximum Gasteiger partial charge on any atom is 0.0653 e. The highest BCUT2D eigenvalue weighted by molar-refractivity contribution is 9.10. The fraction of sp³-hybridized carbons (Fsp3) is 0.125. The van der Waals surface area contributed by atoms with Gasteiger partial charge in [0.25, 0.3) is 0 Å². The van der Waals surface area contributed by atoms with Gasteiger partial charge in [0.2, 0.25) is 0 Å². The van der Waals surface area contributed by atoms with E-state index in [-0.39, 0.29) is 18.4 Å². The SMILES string of the molecule is C=C[C@H](N)c1ccc(Br)cn1.Cl. The molecule has 2 nitrogen and oxygen atoms in total. The first kappa shape index (κ1) is 11.6. The van der Waals surface area contributed by atoms with Crippen molar-refractivity contribution >= 4 is 28.3 Å². The van der Waals surface area contributed by atoms with Gasteiger partial charge in [0, 0.05) is 10.7 Å². The molecule has 1 aromatic heterocycles. The highest BCUT2D eigenvalue weighted by Gasteiger charge is 2.00. The van der Waals surface area contributed by atoms with Crippen LogP contribution in [0.1, 0.15) is 11.7 Å². The van der Waals surface area contributed by atoms with Gasteiger partial charge in [0.1, 0.15) is 0 Å². The molecule has 0 aliphatic carbocycles. The monoisotopic (exact) mass is 248 g/mol. The fourth-order valence-electron chi connectivity index (χ4n) is 0.705.